The average Bonchev–Trinajstić information content (AvgIpc) is 2.31. The largest absolute Gasteiger partial charge is 0.699 e. The second-order valence-electron chi connectivity index (χ2n) is 2.60. The molecule has 0 N–H and O–H groups in total. The second-order valence-corrected chi connectivity index (χ2v) is 4.62. The molecule has 1 aromatic carbocycles. The average molecular weight is 247 g/mol. The molecule has 0 heterocycles. The van der Waals surface area contributed by atoms with Gasteiger partial charge in [-0.25, -0.2) is 14.4 Å². The van der Waals surface area contributed by atoms with Gasteiger partial charge in [-0.05, 0) is 12.1 Å². The van der Waals surface area contributed by atoms with Crippen molar-refractivity contribution in [1.29, 1.82) is 0 Å². The highest BCUT2D eigenvalue weighted by Gasteiger charge is 2.43. The fraction of sp³-hybridized carbons (Fsp3) is 0. The molecule has 0 aliphatic rings. The number of benzene rings is 1. The Labute approximate surface area is 96.6 Å². The summed E-state index contributed by atoms with van der Waals surface area (Å²) in [7, 11) is -3.93. The lowest BCUT2D eigenvalue weighted by molar-refractivity contribution is 0.525. The van der Waals surface area contributed by atoms with Gasteiger partial charge in [0.05, 0.1) is 0 Å². The van der Waals surface area contributed by atoms with Crippen molar-refractivity contribution in [3.63, 3.8) is 0 Å². The van der Waals surface area contributed by atoms with E-state index >= 15 is 0 Å². The van der Waals surface area contributed by atoms with Crippen LogP contribution in [0.5, 0.6) is 5.75 Å². The summed E-state index contributed by atoms with van der Waals surface area (Å²) in [6.45, 7) is 0. The third-order valence-electron chi connectivity index (χ3n) is 1.57. The van der Waals surface area contributed by atoms with Crippen LogP contribution in [0.3, 0.4) is 0 Å². The van der Waals surface area contributed by atoms with Gasteiger partial charge in [-0.2, -0.15) is 14.0 Å². The summed E-state index contributed by atoms with van der Waals surface area (Å²) < 4.78 is 14.7. The van der Waals surface area contributed by atoms with Crippen LogP contribution in [0.4, 0.5) is 0 Å². The SMILES string of the molecule is O=C=N[Si](N=C=O)(N=C=O)Oc1ccccc1. The molecule has 0 amide bonds. The van der Waals surface area contributed by atoms with E-state index in [1.54, 1.807) is 18.2 Å². The van der Waals surface area contributed by atoms with Gasteiger partial charge in [0.2, 0.25) is 18.2 Å². The number of hydrogen-bond acceptors (Lipinski definition) is 7. The number of isocyanates is 3. The van der Waals surface area contributed by atoms with Crippen molar-refractivity contribution in [2.24, 2.45) is 14.0 Å². The van der Waals surface area contributed by atoms with E-state index < -0.39 is 8.80 Å². The molecule has 8 heteroatoms. The van der Waals surface area contributed by atoms with E-state index in [4.69, 9.17) is 4.43 Å². The van der Waals surface area contributed by atoms with E-state index in [0.717, 1.165) is 18.2 Å². The molecule has 0 aliphatic carbocycles. The fourth-order valence-electron chi connectivity index (χ4n) is 0.968. The molecule has 0 bridgehead atoms. The number of hydrogen-bond donors (Lipinski definition) is 0. The predicted octanol–water partition coefficient (Wildman–Crippen LogP) is 0.508. The Hall–Kier alpha value is -2.62. The van der Waals surface area contributed by atoms with Gasteiger partial charge in [0.15, 0.2) is 0 Å². The zero-order chi connectivity index (χ0) is 12.6. The summed E-state index contributed by atoms with van der Waals surface area (Å²) in [4.78, 5) is 30.7. The summed E-state index contributed by atoms with van der Waals surface area (Å²) in [5, 5.41) is 0. The first kappa shape index (κ1) is 12.4. The van der Waals surface area contributed by atoms with Gasteiger partial charge in [0, 0.05) is 0 Å². The highest BCUT2D eigenvalue weighted by Crippen LogP contribution is 2.17. The summed E-state index contributed by atoms with van der Waals surface area (Å²) >= 11 is 0. The quantitative estimate of drug-likeness (QED) is 0.430. The van der Waals surface area contributed by atoms with E-state index in [1.165, 1.54) is 12.1 Å². The van der Waals surface area contributed by atoms with E-state index in [-0.39, 0.29) is 5.75 Å². The lowest BCUT2D eigenvalue weighted by atomic mass is 10.3. The minimum atomic E-state index is -3.93. The molecule has 0 atom stereocenters. The molecule has 0 radical (unpaired) electrons. The normalized spacial score (nSPS) is 12.0. The lowest BCUT2D eigenvalue weighted by Gasteiger charge is -2.12. The van der Waals surface area contributed by atoms with E-state index in [0.29, 0.717) is 0 Å². The zero-order valence-corrected chi connectivity index (χ0v) is 9.36. The molecular formula is C9H5N3O4Si. The topological polar surface area (TPSA) is 97.5 Å². The summed E-state index contributed by atoms with van der Waals surface area (Å²) in [5.41, 5.74) is 0. The van der Waals surface area contributed by atoms with E-state index in [2.05, 4.69) is 14.0 Å². The van der Waals surface area contributed by atoms with Gasteiger partial charge in [-0.15, -0.1) is 0 Å². The maximum Gasteiger partial charge on any atom is 0.699 e. The number of nitrogens with zero attached hydrogens (tertiary/aromatic N) is 3. The molecule has 0 aliphatic heterocycles. The molecule has 1 rings (SSSR count). The van der Waals surface area contributed by atoms with Crippen molar-refractivity contribution >= 4 is 27.0 Å². The summed E-state index contributed by atoms with van der Waals surface area (Å²) in [6, 6.07) is 8.08. The van der Waals surface area contributed by atoms with Crippen molar-refractivity contribution < 1.29 is 18.8 Å². The first-order valence-corrected chi connectivity index (χ1v) is 6.02. The predicted molar refractivity (Wildman–Crippen MR) is 57.2 cm³/mol. The van der Waals surface area contributed by atoms with Crippen molar-refractivity contribution in [2.75, 3.05) is 0 Å². The molecule has 0 spiro atoms. The highest BCUT2D eigenvalue weighted by molar-refractivity contribution is 6.71. The standard InChI is InChI=1S/C9H5N3O4Si/c13-6-10-17(11-7-14,12-8-15)16-9-4-2-1-3-5-9/h1-5H. The molecule has 7 nitrogen and oxygen atoms in total. The highest BCUT2D eigenvalue weighted by atomic mass is 28.4. The maximum absolute atomic E-state index is 10.2. The molecule has 84 valence electrons. The van der Waals surface area contributed by atoms with E-state index in [1.807, 2.05) is 0 Å². The third kappa shape index (κ3) is 3.46. The van der Waals surface area contributed by atoms with Crippen molar-refractivity contribution in [3.05, 3.63) is 30.3 Å². The molecule has 0 saturated heterocycles. The van der Waals surface area contributed by atoms with Gasteiger partial charge in [0.1, 0.15) is 5.75 Å². The van der Waals surface area contributed by atoms with E-state index in [9.17, 15) is 14.4 Å². The minimum absolute atomic E-state index is 0.260. The smallest absolute Gasteiger partial charge is 0.491 e. The van der Waals surface area contributed by atoms with Crippen LogP contribution in [0.2, 0.25) is 0 Å². The number of rotatable bonds is 5. The molecule has 0 aromatic heterocycles. The Morgan fingerprint density at radius 3 is 1.76 bits per heavy atom. The molecule has 0 saturated carbocycles. The third-order valence-corrected chi connectivity index (χ3v) is 3.23. The maximum atomic E-state index is 10.2. The Morgan fingerprint density at radius 1 is 0.882 bits per heavy atom. The van der Waals surface area contributed by atoms with Crippen LogP contribution in [0.15, 0.2) is 44.3 Å². The van der Waals surface area contributed by atoms with Crippen LogP contribution < -0.4 is 4.43 Å². The van der Waals surface area contributed by atoms with Crippen molar-refractivity contribution in [3.8, 4) is 5.75 Å². The monoisotopic (exact) mass is 247 g/mol. The zero-order valence-electron chi connectivity index (χ0n) is 8.36. The van der Waals surface area contributed by atoms with Gasteiger partial charge in [-0.1, -0.05) is 18.2 Å². The van der Waals surface area contributed by atoms with Gasteiger partial charge >= 0.3 is 8.80 Å². The minimum Gasteiger partial charge on any atom is -0.491 e. The molecule has 1 aromatic rings. The Balaban J connectivity index is 3.18. The first-order valence-electron chi connectivity index (χ1n) is 4.27. The molecule has 0 unspecified atom stereocenters. The van der Waals surface area contributed by atoms with Gasteiger partial charge < -0.3 is 4.43 Å². The fourth-order valence-corrected chi connectivity index (χ4v) is 2.06. The Bertz CT molecular complexity index is 483. The number of para-hydroxylation sites is 1. The second kappa shape index (κ2) is 6.07. The van der Waals surface area contributed by atoms with Crippen LogP contribution in [0, 0.1) is 0 Å². The lowest BCUT2D eigenvalue weighted by Crippen LogP contribution is -2.36. The van der Waals surface area contributed by atoms with Gasteiger partial charge in [-0.3, -0.25) is 0 Å². The van der Waals surface area contributed by atoms with Crippen LogP contribution in [0.25, 0.3) is 0 Å². The number of carbonyl (C=O) groups excluding carboxylic acids is 3. The van der Waals surface area contributed by atoms with Crippen LogP contribution in [0.1, 0.15) is 0 Å². The van der Waals surface area contributed by atoms with Crippen LogP contribution in [-0.4, -0.2) is 27.0 Å². The first-order chi connectivity index (χ1) is 8.26. The summed E-state index contributed by atoms with van der Waals surface area (Å²) in [6.07, 6.45) is 3.49. The Kier molecular flexibility index (Phi) is 4.44. The summed E-state index contributed by atoms with van der Waals surface area (Å²) in [5.74, 6) is 0.260. The van der Waals surface area contributed by atoms with Crippen molar-refractivity contribution in [1.82, 2.24) is 0 Å². The molecule has 0 fully saturated rings. The Morgan fingerprint density at radius 2 is 1.35 bits per heavy atom. The molecular weight excluding hydrogens is 242 g/mol. The van der Waals surface area contributed by atoms with Crippen molar-refractivity contribution in [2.45, 2.75) is 0 Å². The molecule has 17 heavy (non-hydrogen) atoms. The van der Waals surface area contributed by atoms with Crippen LogP contribution >= 0.6 is 0 Å². The van der Waals surface area contributed by atoms with Gasteiger partial charge in [0.25, 0.3) is 0 Å². The van der Waals surface area contributed by atoms with Crippen LogP contribution in [-0.2, 0) is 14.4 Å².